The predicted octanol–water partition coefficient (Wildman–Crippen LogP) is 4.30. The fourth-order valence-corrected chi connectivity index (χ4v) is 4.34. The maximum atomic E-state index is 13.3. The number of hydrogen-bond acceptors (Lipinski definition) is 5. The van der Waals surface area contributed by atoms with Crippen LogP contribution in [0.25, 0.3) is 0 Å². The van der Waals surface area contributed by atoms with Crippen molar-refractivity contribution >= 4 is 11.9 Å². The van der Waals surface area contributed by atoms with Crippen LogP contribution in [0.15, 0.2) is 42.5 Å². The summed E-state index contributed by atoms with van der Waals surface area (Å²) >= 11 is 0. The molecular weight excluding hydrogens is 417 g/mol. The highest BCUT2D eigenvalue weighted by Crippen LogP contribution is 2.28. The summed E-state index contributed by atoms with van der Waals surface area (Å²) in [5.41, 5.74) is 5.38. The van der Waals surface area contributed by atoms with E-state index >= 15 is 0 Å². The van der Waals surface area contributed by atoms with Gasteiger partial charge in [-0.05, 0) is 74.6 Å². The molecule has 0 saturated carbocycles. The lowest BCUT2D eigenvalue weighted by atomic mass is 9.92. The second-order valence-corrected chi connectivity index (χ2v) is 9.02. The number of rotatable bonds is 5. The monoisotopic (exact) mass is 447 g/mol. The largest absolute Gasteiger partial charge is 0.347 e. The summed E-state index contributed by atoms with van der Waals surface area (Å²) in [6, 6.07) is 12.6. The molecule has 1 saturated heterocycles. The summed E-state index contributed by atoms with van der Waals surface area (Å²) in [5, 5.41) is 0. The van der Waals surface area contributed by atoms with Crippen LogP contribution in [0.5, 0.6) is 0 Å². The maximum absolute atomic E-state index is 13.3. The van der Waals surface area contributed by atoms with E-state index in [9.17, 15) is 9.18 Å². The van der Waals surface area contributed by atoms with Crippen molar-refractivity contribution in [3.63, 3.8) is 0 Å². The quantitative estimate of drug-likeness (QED) is 0.583. The molecule has 3 heterocycles. The molecular formula is C26H30FN5O. The van der Waals surface area contributed by atoms with Gasteiger partial charge in [-0.3, -0.25) is 9.78 Å². The van der Waals surface area contributed by atoms with Gasteiger partial charge in [0.2, 0.25) is 5.95 Å². The first-order chi connectivity index (χ1) is 15.8. The van der Waals surface area contributed by atoms with E-state index in [0.29, 0.717) is 24.7 Å². The van der Waals surface area contributed by atoms with Gasteiger partial charge >= 0.3 is 0 Å². The van der Waals surface area contributed by atoms with E-state index in [0.717, 1.165) is 47.5 Å². The van der Waals surface area contributed by atoms with Crippen LogP contribution in [0.4, 0.5) is 10.3 Å². The van der Waals surface area contributed by atoms with Gasteiger partial charge < -0.3 is 9.80 Å². The van der Waals surface area contributed by atoms with Crippen LogP contribution in [0.2, 0.25) is 0 Å². The number of piperidine rings is 1. The molecule has 0 radical (unpaired) electrons. The molecule has 7 heteroatoms. The lowest BCUT2D eigenvalue weighted by molar-refractivity contribution is 0.0699. The van der Waals surface area contributed by atoms with Crippen molar-refractivity contribution in [3.05, 3.63) is 82.2 Å². The van der Waals surface area contributed by atoms with E-state index in [4.69, 9.17) is 4.98 Å². The molecule has 4 rings (SSSR count). The first kappa shape index (κ1) is 22.8. The zero-order valence-electron chi connectivity index (χ0n) is 19.7. The van der Waals surface area contributed by atoms with Crippen molar-refractivity contribution in [2.45, 2.75) is 39.0 Å². The van der Waals surface area contributed by atoms with E-state index in [1.165, 1.54) is 12.1 Å². The van der Waals surface area contributed by atoms with Crippen molar-refractivity contribution in [1.82, 2.24) is 19.9 Å². The number of likely N-dealkylation sites (tertiary alicyclic amines) is 1. The van der Waals surface area contributed by atoms with Gasteiger partial charge in [0.1, 0.15) is 11.5 Å². The molecule has 172 valence electrons. The van der Waals surface area contributed by atoms with Crippen LogP contribution in [0.3, 0.4) is 0 Å². The molecule has 0 bridgehead atoms. The van der Waals surface area contributed by atoms with Crippen molar-refractivity contribution in [3.8, 4) is 0 Å². The Bertz CT molecular complexity index is 1150. The lowest BCUT2D eigenvalue weighted by Crippen LogP contribution is -2.40. The van der Waals surface area contributed by atoms with Gasteiger partial charge in [0, 0.05) is 50.2 Å². The van der Waals surface area contributed by atoms with Gasteiger partial charge in [0.15, 0.2) is 0 Å². The van der Waals surface area contributed by atoms with Gasteiger partial charge in [-0.2, -0.15) is 0 Å². The van der Waals surface area contributed by atoms with E-state index in [2.05, 4.69) is 22.1 Å². The Labute approximate surface area is 194 Å². The number of hydrogen-bond donors (Lipinski definition) is 0. The molecule has 1 aliphatic rings. The Hall–Kier alpha value is -3.35. The Morgan fingerprint density at radius 2 is 1.76 bits per heavy atom. The van der Waals surface area contributed by atoms with Crippen molar-refractivity contribution in [2.75, 3.05) is 32.1 Å². The predicted molar refractivity (Wildman–Crippen MR) is 127 cm³/mol. The molecule has 0 spiro atoms. The Kier molecular flexibility index (Phi) is 6.67. The van der Waals surface area contributed by atoms with Crippen molar-refractivity contribution < 1.29 is 9.18 Å². The summed E-state index contributed by atoms with van der Waals surface area (Å²) in [5.74, 6) is 0.421. The minimum atomic E-state index is -0.228. The topological polar surface area (TPSA) is 62.2 Å². The zero-order valence-corrected chi connectivity index (χ0v) is 19.7. The Morgan fingerprint density at radius 1 is 1.03 bits per heavy atom. The molecule has 0 aliphatic carbocycles. The number of aromatic nitrogens is 3. The summed E-state index contributed by atoms with van der Waals surface area (Å²) < 4.78 is 13.3. The lowest BCUT2D eigenvalue weighted by Gasteiger charge is -2.32. The number of aryl methyl sites for hydroxylation is 2. The van der Waals surface area contributed by atoms with Crippen LogP contribution in [-0.4, -0.2) is 52.9 Å². The first-order valence-electron chi connectivity index (χ1n) is 11.3. The molecule has 1 unspecified atom stereocenters. The fourth-order valence-electron chi connectivity index (χ4n) is 4.34. The Morgan fingerprint density at radius 3 is 2.48 bits per heavy atom. The van der Waals surface area contributed by atoms with Crippen LogP contribution in [0, 0.1) is 19.7 Å². The van der Waals surface area contributed by atoms with Gasteiger partial charge in [-0.1, -0.05) is 12.1 Å². The summed E-state index contributed by atoms with van der Waals surface area (Å²) in [6.07, 6.45) is 2.63. The zero-order chi connectivity index (χ0) is 23.5. The maximum Gasteiger partial charge on any atom is 0.272 e. The fraction of sp³-hybridized carbons (Fsp3) is 0.385. The van der Waals surface area contributed by atoms with Crippen molar-refractivity contribution in [1.29, 1.82) is 0 Å². The van der Waals surface area contributed by atoms with Crippen LogP contribution < -0.4 is 4.90 Å². The number of carbonyl (C=O) groups is 1. The number of nitrogens with zero attached hydrogens (tertiary/aromatic N) is 5. The molecule has 3 aromatic rings. The van der Waals surface area contributed by atoms with Gasteiger partial charge in [-0.25, -0.2) is 14.4 Å². The van der Waals surface area contributed by atoms with E-state index in [1.807, 2.05) is 49.9 Å². The molecule has 6 nitrogen and oxygen atoms in total. The van der Waals surface area contributed by atoms with Gasteiger partial charge in [0.05, 0.1) is 0 Å². The minimum Gasteiger partial charge on any atom is -0.347 e. The third kappa shape index (κ3) is 5.53. The summed E-state index contributed by atoms with van der Waals surface area (Å²) in [7, 11) is 3.74. The third-order valence-corrected chi connectivity index (χ3v) is 5.94. The highest BCUT2D eigenvalue weighted by molar-refractivity contribution is 5.92. The number of benzene rings is 1. The first-order valence-corrected chi connectivity index (χ1v) is 11.3. The average molecular weight is 448 g/mol. The SMILES string of the molecule is Cc1cc(Cc2ccc(F)cc2)cc(C2CCCN(C(=O)c3cc(C)nc(N(C)C)n3)C2)n1. The molecule has 1 fully saturated rings. The average Bonchev–Trinajstić information content (AvgIpc) is 2.79. The highest BCUT2D eigenvalue weighted by atomic mass is 19.1. The van der Waals surface area contributed by atoms with Gasteiger partial charge in [0.25, 0.3) is 5.91 Å². The number of pyridine rings is 1. The molecule has 33 heavy (non-hydrogen) atoms. The number of amides is 1. The van der Waals surface area contributed by atoms with E-state index < -0.39 is 0 Å². The Balaban J connectivity index is 1.53. The van der Waals surface area contributed by atoms with E-state index in [1.54, 1.807) is 6.07 Å². The number of anilines is 1. The second-order valence-electron chi connectivity index (χ2n) is 9.02. The number of halogens is 1. The highest BCUT2D eigenvalue weighted by Gasteiger charge is 2.28. The van der Waals surface area contributed by atoms with Crippen molar-refractivity contribution in [2.24, 2.45) is 0 Å². The summed E-state index contributed by atoms with van der Waals surface area (Å²) in [4.78, 5) is 30.6. The molecule has 1 amide bonds. The smallest absolute Gasteiger partial charge is 0.272 e. The second kappa shape index (κ2) is 9.65. The molecule has 1 atom stereocenters. The number of carbonyl (C=O) groups excluding carboxylic acids is 1. The van der Waals surface area contributed by atoms with Crippen LogP contribution >= 0.6 is 0 Å². The standard InChI is InChI=1S/C26H30FN5O/c1-17-12-20(14-19-7-9-22(27)10-8-19)15-23(28-17)21-6-5-11-32(16-21)25(33)24-13-18(2)29-26(30-24)31(3)4/h7-10,12-13,15,21H,5-6,11,14,16H2,1-4H3. The molecule has 2 aromatic heterocycles. The van der Waals surface area contributed by atoms with E-state index in [-0.39, 0.29) is 17.6 Å². The van der Waals surface area contributed by atoms with Gasteiger partial charge in [-0.15, -0.1) is 0 Å². The molecule has 0 N–H and O–H groups in total. The molecule has 1 aromatic carbocycles. The minimum absolute atomic E-state index is 0.0625. The normalized spacial score (nSPS) is 16.0. The van der Waals surface area contributed by atoms with Crippen LogP contribution in [-0.2, 0) is 6.42 Å². The van der Waals surface area contributed by atoms with Crippen LogP contribution in [0.1, 0.15) is 57.5 Å². The molecule has 1 aliphatic heterocycles. The third-order valence-electron chi connectivity index (χ3n) is 5.94. The summed E-state index contributed by atoms with van der Waals surface area (Å²) in [6.45, 7) is 5.20.